The molecule has 172 valence electrons. The minimum atomic E-state index is -0.768. The third-order valence-electron chi connectivity index (χ3n) is 5.96. The predicted octanol–water partition coefficient (Wildman–Crippen LogP) is 3.53. The molecule has 1 atom stereocenters. The quantitative estimate of drug-likeness (QED) is 0.623. The van der Waals surface area contributed by atoms with Gasteiger partial charge in [-0.25, -0.2) is 4.39 Å². The van der Waals surface area contributed by atoms with Crippen molar-refractivity contribution in [2.45, 2.75) is 12.5 Å². The summed E-state index contributed by atoms with van der Waals surface area (Å²) in [6.45, 7) is 4.20. The zero-order valence-electron chi connectivity index (χ0n) is 18.3. The Morgan fingerprint density at radius 3 is 2.45 bits per heavy atom. The molecule has 1 amide bonds. The van der Waals surface area contributed by atoms with Gasteiger partial charge in [-0.3, -0.25) is 14.5 Å². The lowest BCUT2D eigenvalue weighted by molar-refractivity contribution is -0.129. The van der Waals surface area contributed by atoms with E-state index in [0.29, 0.717) is 31.7 Å². The summed E-state index contributed by atoms with van der Waals surface area (Å²) in [5, 5.41) is 10.7. The van der Waals surface area contributed by atoms with Crippen molar-refractivity contribution < 1.29 is 23.8 Å². The molecule has 1 N–H and O–H groups in total. The topological polar surface area (TPSA) is 70.1 Å². The highest BCUT2D eigenvalue weighted by Crippen LogP contribution is 2.38. The lowest BCUT2D eigenvalue weighted by Crippen LogP contribution is -2.39. The standard InChI is InChI=1S/C26H27FN2O4/c27-21-10-8-20(9-11-21)24-23(22(30)12-7-19-5-2-1-3-6-19)25(31)26(32)29(24)14-4-13-28-15-17-33-18-16-28/h1-3,5-12,24,31H,4,13-18H2. The maximum atomic E-state index is 13.6. The van der Waals surface area contributed by atoms with Crippen molar-refractivity contribution in [1.82, 2.24) is 9.80 Å². The molecule has 33 heavy (non-hydrogen) atoms. The van der Waals surface area contributed by atoms with Gasteiger partial charge in [-0.05, 0) is 35.8 Å². The van der Waals surface area contributed by atoms with E-state index in [-0.39, 0.29) is 5.57 Å². The summed E-state index contributed by atoms with van der Waals surface area (Å²) in [5.41, 5.74) is 1.43. The highest BCUT2D eigenvalue weighted by Gasteiger charge is 2.42. The minimum Gasteiger partial charge on any atom is -0.503 e. The van der Waals surface area contributed by atoms with Crippen LogP contribution in [0.5, 0.6) is 0 Å². The molecule has 0 spiro atoms. The maximum absolute atomic E-state index is 13.6. The lowest BCUT2D eigenvalue weighted by atomic mass is 9.95. The van der Waals surface area contributed by atoms with Crippen molar-refractivity contribution in [1.29, 1.82) is 0 Å². The average Bonchev–Trinajstić information content (AvgIpc) is 3.09. The van der Waals surface area contributed by atoms with Crippen molar-refractivity contribution in [3.05, 3.63) is 88.9 Å². The normalized spacial score (nSPS) is 19.6. The van der Waals surface area contributed by atoms with E-state index in [1.54, 1.807) is 18.2 Å². The number of halogens is 1. The number of benzene rings is 2. The van der Waals surface area contributed by atoms with Gasteiger partial charge in [0.05, 0.1) is 24.8 Å². The molecule has 0 saturated carbocycles. The number of amides is 1. The number of morpholine rings is 1. The first kappa shape index (κ1) is 22.9. The molecule has 4 rings (SSSR count). The van der Waals surface area contributed by atoms with E-state index in [1.807, 2.05) is 30.3 Å². The van der Waals surface area contributed by atoms with Crippen molar-refractivity contribution in [3.8, 4) is 0 Å². The SMILES string of the molecule is O=C(C=Cc1ccccc1)C1=C(O)C(=O)N(CCCN2CCOCC2)C1c1ccc(F)cc1. The van der Waals surface area contributed by atoms with Crippen LogP contribution in [-0.2, 0) is 14.3 Å². The number of hydrogen-bond donors (Lipinski definition) is 1. The molecule has 2 aromatic rings. The van der Waals surface area contributed by atoms with Crippen molar-refractivity contribution in [3.63, 3.8) is 0 Å². The van der Waals surface area contributed by atoms with Crippen LogP contribution in [0.15, 0.2) is 72.0 Å². The fourth-order valence-electron chi connectivity index (χ4n) is 4.24. The molecule has 2 aliphatic rings. The second-order valence-corrected chi connectivity index (χ2v) is 8.13. The summed E-state index contributed by atoms with van der Waals surface area (Å²) in [4.78, 5) is 29.8. The molecule has 1 fully saturated rings. The third-order valence-corrected chi connectivity index (χ3v) is 5.96. The van der Waals surface area contributed by atoms with Gasteiger partial charge in [0, 0.05) is 26.2 Å². The average molecular weight is 451 g/mol. The number of aliphatic hydroxyl groups is 1. The summed E-state index contributed by atoms with van der Waals surface area (Å²) < 4.78 is 18.9. The largest absolute Gasteiger partial charge is 0.503 e. The number of nitrogens with zero attached hydrogens (tertiary/aromatic N) is 2. The Morgan fingerprint density at radius 2 is 1.76 bits per heavy atom. The highest BCUT2D eigenvalue weighted by atomic mass is 19.1. The Bertz CT molecular complexity index is 1040. The molecule has 0 aliphatic carbocycles. The molecule has 0 radical (unpaired) electrons. The number of carbonyl (C=O) groups is 2. The molecule has 2 heterocycles. The van der Waals surface area contributed by atoms with E-state index < -0.39 is 29.3 Å². The second kappa shape index (κ2) is 10.6. The van der Waals surface area contributed by atoms with Crippen molar-refractivity contribution in [2.75, 3.05) is 39.4 Å². The summed E-state index contributed by atoms with van der Waals surface area (Å²) in [6.07, 6.45) is 3.69. The number of carbonyl (C=O) groups excluding carboxylic acids is 2. The summed E-state index contributed by atoms with van der Waals surface area (Å²) in [6, 6.07) is 14.2. The van der Waals surface area contributed by atoms with E-state index in [2.05, 4.69) is 4.90 Å². The van der Waals surface area contributed by atoms with Crippen LogP contribution in [0, 0.1) is 5.82 Å². The van der Waals surface area contributed by atoms with Crippen molar-refractivity contribution >= 4 is 17.8 Å². The van der Waals surface area contributed by atoms with Crippen LogP contribution in [-0.4, -0.2) is 66.0 Å². The van der Waals surface area contributed by atoms with E-state index in [1.165, 1.54) is 23.1 Å². The molecule has 7 heteroatoms. The van der Waals surface area contributed by atoms with Crippen molar-refractivity contribution in [2.24, 2.45) is 0 Å². The molecular weight excluding hydrogens is 423 g/mol. The Morgan fingerprint density at radius 1 is 1.06 bits per heavy atom. The summed E-state index contributed by atoms with van der Waals surface area (Å²) in [7, 11) is 0. The highest BCUT2D eigenvalue weighted by molar-refractivity contribution is 6.14. The van der Waals surface area contributed by atoms with E-state index in [4.69, 9.17) is 4.74 Å². The minimum absolute atomic E-state index is 0.0187. The Labute approximate surface area is 192 Å². The van der Waals surface area contributed by atoms with E-state index in [0.717, 1.165) is 25.2 Å². The van der Waals surface area contributed by atoms with Crippen LogP contribution in [0.3, 0.4) is 0 Å². The zero-order chi connectivity index (χ0) is 23.2. The van der Waals surface area contributed by atoms with Gasteiger partial charge in [0.2, 0.25) is 0 Å². The summed E-state index contributed by atoms with van der Waals surface area (Å²) >= 11 is 0. The molecule has 1 saturated heterocycles. The molecule has 0 aromatic heterocycles. The van der Waals surface area contributed by atoms with Gasteiger partial charge < -0.3 is 14.7 Å². The van der Waals surface area contributed by atoms with Gasteiger partial charge >= 0.3 is 0 Å². The number of hydrogen-bond acceptors (Lipinski definition) is 5. The third kappa shape index (κ3) is 5.38. The predicted molar refractivity (Wildman–Crippen MR) is 123 cm³/mol. The van der Waals surface area contributed by atoms with E-state index >= 15 is 0 Å². The first-order valence-corrected chi connectivity index (χ1v) is 11.1. The zero-order valence-corrected chi connectivity index (χ0v) is 18.3. The second-order valence-electron chi connectivity index (χ2n) is 8.13. The first-order valence-electron chi connectivity index (χ1n) is 11.1. The number of ketones is 1. The maximum Gasteiger partial charge on any atom is 0.290 e. The molecule has 2 aromatic carbocycles. The molecule has 1 unspecified atom stereocenters. The van der Waals surface area contributed by atoms with E-state index in [9.17, 15) is 19.1 Å². The Hall–Kier alpha value is -3.29. The number of aliphatic hydroxyl groups excluding tert-OH is 1. The fourth-order valence-corrected chi connectivity index (χ4v) is 4.24. The van der Waals surface area contributed by atoms with Crippen LogP contribution in [0.1, 0.15) is 23.6 Å². The van der Waals surface area contributed by atoms with Crippen LogP contribution in [0.25, 0.3) is 6.08 Å². The number of ether oxygens (including phenoxy) is 1. The van der Waals surface area contributed by atoms with Crippen LogP contribution in [0.4, 0.5) is 4.39 Å². The number of rotatable bonds is 8. The van der Waals surface area contributed by atoms with Gasteiger partial charge in [-0.2, -0.15) is 0 Å². The van der Waals surface area contributed by atoms with Gasteiger partial charge in [0.15, 0.2) is 11.5 Å². The van der Waals surface area contributed by atoms with Gasteiger partial charge in [0.25, 0.3) is 5.91 Å². The number of allylic oxidation sites excluding steroid dienone is 1. The fraction of sp³-hybridized carbons (Fsp3) is 0.308. The Balaban J connectivity index is 1.56. The molecule has 6 nitrogen and oxygen atoms in total. The van der Waals surface area contributed by atoms with Gasteiger partial charge in [-0.15, -0.1) is 0 Å². The Kier molecular flexibility index (Phi) is 7.32. The molecule has 0 bridgehead atoms. The smallest absolute Gasteiger partial charge is 0.290 e. The first-order chi connectivity index (χ1) is 16.0. The van der Waals surface area contributed by atoms with Gasteiger partial charge in [0.1, 0.15) is 5.82 Å². The molecule has 2 aliphatic heterocycles. The van der Waals surface area contributed by atoms with Crippen LogP contribution < -0.4 is 0 Å². The monoisotopic (exact) mass is 450 g/mol. The summed E-state index contributed by atoms with van der Waals surface area (Å²) in [5.74, 6) is -1.98. The van der Waals surface area contributed by atoms with Crippen LogP contribution in [0.2, 0.25) is 0 Å². The van der Waals surface area contributed by atoms with Gasteiger partial charge in [-0.1, -0.05) is 48.5 Å². The van der Waals surface area contributed by atoms with Crippen LogP contribution >= 0.6 is 0 Å². The lowest BCUT2D eigenvalue weighted by Gasteiger charge is -2.29. The molecular formula is C26H27FN2O4.